The van der Waals surface area contributed by atoms with Crippen molar-refractivity contribution >= 4 is 22.2 Å². The summed E-state index contributed by atoms with van der Waals surface area (Å²) in [7, 11) is 0. The van der Waals surface area contributed by atoms with Crippen molar-refractivity contribution < 1.29 is 5.11 Å². The number of nitrogens with one attached hydrogen (secondary N) is 2. The number of H-pyrrole nitrogens is 1. The molecular weight excluding hydrogens is 380 g/mol. The standard InChI is InChI=1S/C23H20N4O3/c1-14-10-12-17(13-11-14)27-22(29)20(21(28)24-23(27)30)15(2)25-26-19-9-5-7-16-6-3-4-8-18(16)19/h3-13,26,29H,1-2H3,(H,24,28,30)/b25-15+. The first-order chi connectivity index (χ1) is 14.5. The molecule has 30 heavy (non-hydrogen) atoms. The molecule has 0 aliphatic rings. The average molecular weight is 400 g/mol. The van der Waals surface area contributed by atoms with Crippen molar-refractivity contribution in [3.05, 3.63) is 98.7 Å². The van der Waals surface area contributed by atoms with Gasteiger partial charge in [0.15, 0.2) is 0 Å². The zero-order chi connectivity index (χ0) is 21.3. The molecule has 0 bridgehead atoms. The zero-order valence-electron chi connectivity index (χ0n) is 16.5. The van der Waals surface area contributed by atoms with Gasteiger partial charge < -0.3 is 5.11 Å². The molecule has 0 radical (unpaired) electrons. The zero-order valence-corrected chi connectivity index (χ0v) is 16.5. The summed E-state index contributed by atoms with van der Waals surface area (Å²) in [4.78, 5) is 27.0. The summed E-state index contributed by atoms with van der Waals surface area (Å²) in [5.74, 6) is -0.464. The van der Waals surface area contributed by atoms with Crippen LogP contribution in [0.15, 0.2) is 81.4 Å². The van der Waals surface area contributed by atoms with Crippen LogP contribution in [0, 0.1) is 6.92 Å². The molecule has 7 heteroatoms. The van der Waals surface area contributed by atoms with Gasteiger partial charge in [0.05, 0.1) is 17.1 Å². The van der Waals surface area contributed by atoms with Gasteiger partial charge in [0.2, 0.25) is 5.88 Å². The molecule has 0 fully saturated rings. The molecule has 0 saturated heterocycles. The predicted molar refractivity (Wildman–Crippen MR) is 119 cm³/mol. The Hall–Kier alpha value is -4.13. The number of aromatic nitrogens is 2. The van der Waals surface area contributed by atoms with E-state index in [4.69, 9.17) is 0 Å². The number of hydrogen-bond acceptors (Lipinski definition) is 5. The topological polar surface area (TPSA) is 99.5 Å². The maximum Gasteiger partial charge on any atom is 0.335 e. The molecule has 0 unspecified atom stereocenters. The number of aromatic hydroxyl groups is 1. The first kappa shape index (κ1) is 19.2. The van der Waals surface area contributed by atoms with Crippen LogP contribution in [0.3, 0.4) is 0 Å². The molecule has 0 spiro atoms. The van der Waals surface area contributed by atoms with Crippen LogP contribution < -0.4 is 16.7 Å². The van der Waals surface area contributed by atoms with Crippen molar-refractivity contribution in [2.45, 2.75) is 13.8 Å². The second kappa shape index (κ2) is 7.71. The van der Waals surface area contributed by atoms with Crippen molar-refractivity contribution in [3.63, 3.8) is 0 Å². The van der Waals surface area contributed by atoms with Crippen LogP contribution in [0.25, 0.3) is 16.5 Å². The largest absolute Gasteiger partial charge is 0.493 e. The highest BCUT2D eigenvalue weighted by Gasteiger charge is 2.18. The quantitative estimate of drug-likeness (QED) is 0.360. The van der Waals surface area contributed by atoms with Crippen LogP contribution in [0.1, 0.15) is 18.1 Å². The van der Waals surface area contributed by atoms with Gasteiger partial charge in [-0.1, -0.05) is 54.1 Å². The average Bonchev–Trinajstić information content (AvgIpc) is 2.73. The number of benzene rings is 3. The fourth-order valence-electron chi connectivity index (χ4n) is 3.31. The monoisotopic (exact) mass is 400 g/mol. The molecule has 3 aromatic carbocycles. The van der Waals surface area contributed by atoms with Crippen LogP contribution in [0.2, 0.25) is 0 Å². The lowest BCUT2D eigenvalue weighted by Crippen LogP contribution is -2.32. The van der Waals surface area contributed by atoms with Gasteiger partial charge in [0.25, 0.3) is 5.56 Å². The number of aromatic amines is 1. The van der Waals surface area contributed by atoms with Gasteiger partial charge in [-0.05, 0) is 37.4 Å². The minimum Gasteiger partial charge on any atom is -0.493 e. The Morgan fingerprint density at radius 3 is 2.47 bits per heavy atom. The minimum atomic E-state index is -0.722. The van der Waals surface area contributed by atoms with Crippen molar-refractivity contribution in [1.82, 2.24) is 9.55 Å². The first-order valence-corrected chi connectivity index (χ1v) is 9.39. The molecule has 0 aliphatic carbocycles. The number of hydrogen-bond donors (Lipinski definition) is 3. The highest BCUT2D eigenvalue weighted by atomic mass is 16.3. The van der Waals surface area contributed by atoms with Crippen molar-refractivity contribution in [2.75, 3.05) is 5.43 Å². The first-order valence-electron chi connectivity index (χ1n) is 9.39. The van der Waals surface area contributed by atoms with E-state index >= 15 is 0 Å². The van der Waals surface area contributed by atoms with Gasteiger partial charge in [-0.2, -0.15) is 5.10 Å². The Labute approximate surface area is 172 Å². The molecule has 7 nitrogen and oxygen atoms in total. The molecule has 1 aromatic heterocycles. The molecule has 150 valence electrons. The second-order valence-corrected chi connectivity index (χ2v) is 6.96. The summed E-state index contributed by atoms with van der Waals surface area (Å²) < 4.78 is 1.05. The minimum absolute atomic E-state index is 0.0806. The van der Waals surface area contributed by atoms with E-state index in [1.54, 1.807) is 19.1 Å². The summed E-state index contributed by atoms with van der Waals surface area (Å²) in [5, 5.41) is 17.1. The normalized spacial score (nSPS) is 11.6. The van der Waals surface area contributed by atoms with Crippen LogP contribution in [0.4, 0.5) is 5.69 Å². The molecular formula is C23H20N4O3. The number of fused-ring (bicyclic) bond motifs is 1. The van der Waals surface area contributed by atoms with Gasteiger partial charge in [-0.3, -0.25) is 15.2 Å². The summed E-state index contributed by atoms with van der Waals surface area (Å²) in [6.07, 6.45) is 0. The fraction of sp³-hybridized carbons (Fsp3) is 0.0870. The van der Waals surface area contributed by atoms with Gasteiger partial charge in [0, 0.05) is 5.39 Å². The van der Waals surface area contributed by atoms with Crippen LogP contribution in [-0.4, -0.2) is 20.4 Å². The van der Waals surface area contributed by atoms with Crippen LogP contribution in [-0.2, 0) is 0 Å². The van der Waals surface area contributed by atoms with E-state index in [0.29, 0.717) is 5.69 Å². The number of anilines is 1. The van der Waals surface area contributed by atoms with Crippen molar-refractivity contribution in [3.8, 4) is 11.6 Å². The third-order valence-corrected chi connectivity index (χ3v) is 4.87. The van der Waals surface area contributed by atoms with E-state index < -0.39 is 17.1 Å². The Bertz CT molecular complexity index is 1380. The summed E-state index contributed by atoms with van der Waals surface area (Å²) in [5.41, 5.74) is 3.89. The Kier molecular flexibility index (Phi) is 4.93. The number of hydrazone groups is 1. The maximum atomic E-state index is 12.4. The third-order valence-electron chi connectivity index (χ3n) is 4.87. The Balaban J connectivity index is 1.78. The van der Waals surface area contributed by atoms with E-state index in [-0.39, 0.29) is 11.3 Å². The smallest absolute Gasteiger partial charge is 0.335 e. The molecule has 0 atom stereocenters. The van der Waals surface area contributed by atoms with Crippen LogP contribution >= 0.6 is 0 Å². The lowest BCUT2D eigenvalue weighted by atomic mass is 10.1. The molecule has 0 aliphatic heterocycles. The molecule has 3 N–H and O–H groups in total. The molecule has 0 saturated carbocycles. The molecule has 4 rings (SSSR count). The second-order valence-electron chi connectivity index (χ2n) is 6.96. The van der Waals surface area contributed by atoms with Gasteiger partial charge in [-0.15, -0.1) is 0 Å². The van der Waals surface area contributed by atoms with Gasteiger partial charge >= 0.3 is 5.69 Å². The number of nitrogens with zero attached hydrogens (tertiary/aromatic N) is 2. The lowest BCUT2D eigenvalue weighted by Gasteiger charge is -2.12. The van der Waals surface area contributed by atoms with E-state index in [9.17, 15) is 14.7 Å². The van der Waals surface area contributed by atoms with E-state index in [0.717, 1.165) is 26.6 Å². The Morgan fingerprint density at radius 2 is 1.70 bits per heavy atom. The maximum absolute atomic E-state index is 12.4. The van der Waals surface area contributed by atoms with Gasteiger partial charge in [-0.25, -0.2) is 9.36 Å². The Morgan fingerprint density at radius 1 is 1.00 bits per heavy atom. The summed E-state index contributed by atoms with van der Waals surface area (Å²) in [6.45, 7) is 3.51. The van der Waals surface area contributed by atoms with E-state index in [1.807, 2.05) is 61.5 Å². The van der Waals surface area contributed by atoms with Gasteiger partial charge in [0.1, 0.15) is 5.56 Å². The van der Waals surface area contributed by atoms with Crippen molar-refractivity contribution in [1.29, 1.82) is 0 Å². The van der Waals surface area contributed by atoms with E-state index in [2.05, 4.69) is 15.5 Å². The molecule has 4 aromatic rings. The third kappa shape index (κ3) is 3.48. The highest BCUT2D eigenvalue weighted by Crippen LogP contribution is 2.23. The highest BCUT2D eigenvalue weighted by molar-refractivity contribution is 6.01. The number of aryl methyl sites for hydroxylation is 1. The predicted octanol–water partition coefficient (Wildman–Crippen LogP) is 3.53. The van der Waals surface area contributed by atoms with Crippen LogP contribution in [0.5, 0.6) is 5.88 Å². The van der Waals surface area contributed by atoms with E-state index in [1.165, 1.54) is 0 Å². The molecule has 1 heterocycles. The number of rotatable bonds is 4. The summed E-state index contributed by atoms with van der Waals surface area (Å²) in [6, 6.07) is 20.6. The molecule has 0 amide bonds. The summed E-state index contributed by atoms with van der Waals surface area (Å²) >= 11 is 0. The SMILES string of the molecule is C/C(=N\Nc1cccc2ccccc12)c1c(O)n(-c2ccc(C)cc2)c(=O)[nH]c1=O. The van der Waals surface area contributed by atoms with Crippen molar-refractivity contribution in [2.24, 2.45) is 5.10 Å². The fourth-order valence-corrected chi connectivity index (χ4v) is 3.31. The lowest BCUT2D eigenvalue weighted by molar-refractivity contribution is 0.429.